The van der Waals surface area contributed by atoms with Crippen LogP contribution < -0.4 is 10.5 Å². The highest BCUT2D eigenvalue weighted by atomic mass is 32.2. The van der Waals surface area contributed by atoms with Crippen LogP contribution in [-0.2, 0) is 16.6 Å². The second-order valence-electron chi connectivity index (χ2n) is 3.19. The maximum atomic E-state index is 11.1. The number of hydrogen-bond acceptors (Lipinski definition) is 3. The summed E-state index contributed by atoms with van der Waals surface area (Å²) >= 11 is 0. The number of nitrogens with one attached hydrogen (secondary N) is 1. The first-order valence-corrected chi connectivity index (χ1v) is 6.09. The Labute approximate surface area is 84.2 Å². The van der Waals surface area contributed by atoms with Gasteiger partial charge in [0.15, 0.2) is 0 Å². The standard InChI is InChI=1S/C9H14N2O2S/c1-7-4-3-5-8(6-10)9(7)11-14(2,12)13/h3-5,11H,6,10H2,1-2H3. The van der Waals surface area contributed by atoms with Crippen LogP contribution in [0.3, 0.4) is 0 Å². The Bertz CT molecular complexity index is 426. The van der Waals surface area contributed by atoms with Crippen LogP contribution in [0.15, 0.2) is 18.2 Å². The molecule has 0 aliphatic carbocycles. The molecule has 0 amide bonds. The van der Waals surface area contributed by atoms with Gasteiger partial charge in [-0.1, -0.05) is 18.2 Å². The predicted octanol–water partition coefficient (Wildman–Crippen LogP) is 0.825. The number of para-hydroxylation sites is 1. The Morgan fingerprint density at radius 2 is 2.07 bits per heavy atom. The molecule has 0 aromatic heterocycles. The van der Waals surface area contributed by atoms with E-state index < -0.39 is 10.0 Å². The first-order valence-electron chi connectivity index (χ1n) is 4.20. The van der Waals surface area contributed by atoms with Crippen LogP contribution in [0.5, 0.6) is 0 Å². The van der Waals surface area contributed by atoms with E-state index >= 15 is 0 Å². The molecule has 0 saturated carbocycles. The zero-order valence-electron chi connectivity index (χ0n) is 8.24. The number of sulfonamides is 1. The summed E-state index contributed by atoms with van der Waals surface area (Å²) in [6.07, 6.45) is 1.12. The molecule has 0 atom stereocenters. The third kappa shape index (κ3) is 2.71. The molecule has 0 saturated heterocycles. The Balaban J connectivity index is 3.18. The van der Waals surface area contributed by atoms with Gasteiger partial charge in [-0.2, -0.15) is 0 Å². The van der Waals surface area contributed by atoms with E-state index in [0.717, 1.165) is 17.4 Å². The van der Waals surface area contributed by atoms with Crippen molar-refractivity contribution in [2.75, 3.05) is 11.0 Å². The number of rotatable bonds is 3. The van der Waals surface area contributed by atoms with Crippen LogP contribution in [0.2, 0.25) is 0 Å². The van der Waals surface area contributed by atoms with Crippen LogP contribution in [0.1, 0.15) is 11.1 Å². The van der Waals surface area contributed by atoms with Gasteiger partial charge in [0.1, 0.15) is 0 Å². The highest BCUT2D eigenvalue weighted by Crippen LogP contribution is 2.20. The third-order valence-corrected chi connectivity index (χ3v) is 2.44. The molecular weight excluding hydrogens is 200 g/mol. The molecule has 4 nitrogen and oxygen atoms in total. The van der Waals surface area contributed by atoms with Crippen LogP contribution >= 0.6 is 0 Å². The highest BCUT2D eigenvalue weighted by molar-refractivity contribution is 7.92. The van der Waals surface area contributed by atoms with Gasteiger partial charge in [-0.05, 0) is 18.1 Å². The van der Waals surface area contributed by atoms with Crippen molar-refractivity contribution in [2.45, 2.75) is 13.5 Å². The lowest BCUT2D eigenvalue weighted by Crippen LogP contribution is -2.13. The van der Waals surface area contributed by atoms with E-state index in [0.29, 0.717) is 12.2 Å². The van der Waals surface area contributed by atoms with E-state index in [9.17, 15) is 8.42 Å². The molecule has 0 bridgehead atoms. The number of aryl methyl sites for hydroxylation is 1. The summed E-state index contributed by atoms with van der Waals surface area (Å²) in [6, 6.07) is 5.50. The summed E-state index contributed by atoms with van der Waals surface area (Å²) in [5.41, 5.74) is 7.77. The average molecular weight is 214 g/mol. The van der Waals surface area contributed by atoms with E-state index in [4.69, 9.17) is 5.73 Å². The van der Waals surface area contributed by atoms with Crippen molar-refractivity contribution in [3.8, 4) is 0 Å². The molecule has 5 heteroatoms. The normalized spacial score (nSPS) is 11.4. The van der Waals surface area contributed by atoms with E-state index in [1.165, 1.54) is 0 Å². The van der Waals surface area contributed by atoms with Crippen LogP contribution in [0.25, 0.3) is 0 Å². The van der Waals surface area contributed by atoms with Crippen LogP contribution in [0, 0.1) is 6.92 Å². The van der Waals surface area contributed by atoms with Gasteiger partial charge in [0.05, 0.1) is 11.9 Å². The minimum absolute atomic E-state index is 0.319. The van der Waals surface area contributed by atoms with Gasteiger partial charge in [0, 0.05) is 6.54 Å². The second-order valence-corrected chi connectivity index (χ2v) is 4.94. The van der Waals surface area contributed by atoms with Gasteiger partial charge < -0.3 is 5.73 Å². The van der Waals surface area contributed by atoms with Crippen molar-refractivity contribution >= 4 is 15.7 Å². The molecule has 0 aliphatic rings. The molecule has 0 aliphatic heterocycles. The smallest absolute Gasteiger partial charge is 0.229 e. The lowest BCUT2D eigenvalue weighted by molar-refractivity contribution is 0.606. The summed E-state index contributed by atoms with van der Waals surface area (Å²) in [6.45, 7) is 2.16. The van der Waals surface area contributed by atoms with E-state index in [-0.39, 0.29) is 0 Å². The Hall–Kier alpha value is -1.07. The molecule has 0 heterocycles. The topological polar surface area (TPSA) is 72.2 Å². The van der Waals surface area contributed by atoms with E-state index in [1.54, 1.807) is 6.07 Å². The molecule has 3 N–H and O–H groups in total. The maximum absolute atomic E-state index is 11.1. The van der Waals surface area contributed by atoms with E-state index in [1.807, 2.05) is 19.1 Å². The van der Waals surface area contributed by atoms with Crippen molar-refractivity contribution in [2.24, 2.45) is 5.73 Å². The van der Waals surface area contributed by atoms with Crippen molar-refractivity contribution in [3.63, 3.8) is 0 Å². The fraction of sp³-hybridized carbons (Fsp3) is 0.333. The minimum Gasteiger partial charge on any atom is -0.326 e. The van der Waals surface area contributed by atoms with Crippen molar-refractivity contribution in [1.29, 1.82) is 0 Å². The second kappa shape index (κ2) is 3.98. The molecule has 0 spiro atoms. The molecule has 0 radical (unpaired) electrons. The lowest BCUT2D eigenvalue weighted by atomic mass is 10.1. The fourth-order valence-electron chi connectivity index (χ4n) is 1.23. The molecule has 0 fully saturated rings. The Morgan fingerprint density at radius 1 is 1.43 bits per heavy atom. The molecule has 14 heavy (non-hydrogen) atoms. The predicted molar refractivity (Wildman–Crippen MR) is 57.5 cm³/mol. The third-order valence-electron chi connectivity index (χ3n) is 1.87. The average Bonchev–Trinajstić information content (AvgIpc) is 2.06. The lowest BCUT2D eigenvalue weighted by Gasteiger charge is -2.11. The van der Waals surface area contributed by atoms with E-state index in [2.05, 4.69) is 4.72 Å². The van der Waals surface area contributed by atoms with Gasteiger partial charge in [-0.25, -0.2) is 8.42 Å². The molecule has 1 aromatic rings. The molecule has 78 valence electrons. The quantitative estimate of drug-likeness (QED) is 0.782. The first-order chi connectivity index (χ1) is 6.44. The zero-order valence-corrected chi connectivity index (χ0v) is 9.06. The van der Waals surface area contributed by atoms with Crippen molar-refractivity contribution in [1.82, 2.24) is 0 Å². The van der Waals surface area contributed by atoms with Gasteiger partial charge >= 0.3 is 0 Å². The fourth-order valence-corrected chi connectivity index (χ4v) is 1.89. The molecule has 1 rings (SSSR count). The summed E-state index contributed by atoms with van der Waals surface area (Å²) in [5, 5.41) is 0. The largest absolute Gasteiger partial charge is 0.326 e. The molecular formula is C9H14N2O2S. The van der Waals surface area contributed by atoms with Gasteiger partial charge in [0.2, 0.25) is 10.0 Å². The monoisotopic (exact) mass is 214 g/mol. The molecule has 1 aromatic carbocycles. The number of hydrogen-bond donors (Lipinski definition) is 2. The van der Waals surface area contributed by atoms with Crippen molar-refractivity contribution in [3.05, 3.63) is 29.3 Å². The Morgan fingerprint density at radius 3 is 2.57 bits per heavy atom. The maximum Gasteiger partial charge on any atom is 0.229 e. The number of nitrogens with two attached hydrogens (primary N) is 1. The van der Waals surface area contributed by atoms with Crippen LogP contribution in [-0.4, -0.2) is 14.7 Å². The number of anilines is 1. The van der Waals surface area contributed by atoms with Crippen molar-refractivity contribution < 1.29 is 8.42 Å². The molecule has 0 unspecified atom stereocenters. The summed E-state index contributed by atoms with van der Waals surface area (Å²) in [5.74, 6) is 0. The van der Waals surface area contributed by atoms with Gasteiger partial charge in [-0.15, -0.1) is 0 Å². The SMILES string of the molecule is Cc1cccc(CN)c1NS(C)(=O)=O. The zero-order chi connectivity index (χ0) is 10.8. The number of benzene rings is 1. The van der Waals surface area contributed by atoms with Gasteiger partial charge in [-0.3, -0.25) is 4.72 Å². The minimum atomic E-state index is -3.24. The Kier molecular flexibility index (Phi) is 3.13. The summed E-state index contributed by atoms with van der Waals surface area (Å²) in [4.78, 5) is 0. The summed E-state index contributed by atoms with van der Waals surface area (Å²) in [7, 11) is -3.24. The summed E-state index contributed by atoms with van der Waals surface area (Å²) < 4.78 is 24.6. The first kappa shape index (κ1) is 11.0. The highest BCUT2D eigenvalue weighted by Gasteiger charge is 2.08. The van der Waals surface area contributed by atoms with Gasteiger partial charge in [0.25, 0.3) is 0 Å². The van der Waals surface area contributed by atoms with Crippen LogP contribution in [0.4, 0.5) is 5.69 Å².